The fourth-order valence-corrected chi connectivity index (χ4v) is 0.402. The summed E-state index contributed by atoms with van der Waals surface area (Å²) in [7, 11) is 0. The van der Waals surface area contributed by atoms with Gasteiger partial charge in [-0.25, -0.2) is 0 Å². The summed E-state index contributed by atoms with van der Waals surface area (Å²) in [6.07, 6.45) is 0.275. The molecule has 0 saturated heterocycles. The van der Waals surface area contributed by atoms with Crippen LogP contribution in [-0.4, -0.2) is 6.10 Å². The average Bonchev–Trinajstić information content (AvgIpc) is 1.27. The summed E-state index contributed by atoms with van der Waals surface area (Å²) in [4.78, 5) is 0. The summed E-state index contributed by atoms with van der Waals surface area (Å²) in [6, 6.07) is 0. The maximum atomic E-state index is 5.06. The Morgan fingerprint density at radius 2 is 2.00 bits per heavy atom. The van der Waals surface area contributed by atoms with Crippen molar-refractivity contribution in [1.29, 1.82) is 0 Å². The Bertz CT molecular complexity index is 64.6. The molecule has 0 N–H and O–H groups in total. The lowest BCUT2D eigenvalue weighted by molar-refractivity contribution is 0.150. The molecule has 0 saturated carbocycles. The molecule has 0 aliphatic carbocycles. The van der Waals surface area contributed by atoms with Gasteiger partial charge in [-0.15, -0.1) is 0 Å². The summed E-state index contributed by atoms with van der Waals surface area (Å²) in [5.74, 6) is 0.787. The van der Waals surface area contributed by atoms with E-state index < -0.39 is 0 Å². The van der Waals surface area contributed by atoms with Gasteiger partial charge in [0.15, 0.2) is 0 Å². The number of ether oxygens (including phenoxy) is 1. The first-order chi connectivity index (χ1) is 3.13. The van der Waals surface area contributed by atoms with Gasteiger partial charge in [0.05, 0.1) is 11.9 Å². The minimum absolute atomic E-state index is 0.275. The fourth-order valence-electron chi connectivity index (χ4n) is 0.402. The van der Waals surface area contributed by atoms with E-state index in [1.54, 1.807) is 0 Å². The molecule has 0 aromatic heterocycles. The van der Waals surface area contributed by atoms with Crippen molar-refractivity contribution in [2.24, 2.45) is 0 Å². The number of allylic oxidation sites excluding steroid dienone is 1. The van der Waals surface area contributed by atoms with Crippen molar-refractivity contribution in [3.63, 3.8) is 0 Å². The van der Waals surface area contributed by atoms with E-state index in [0.29, 0.717) is 0 Å². The molecule has 0 radical (unpaired) electrons. The second-order valence-electron chi connectivity index (χ2n) is 1.87. The van der Waals surface area contributed by atoms with Crippen molar-refractivity contribution in [2.75, 3.05) is 0 Å². The maximum absolute atomic E-state index is 5.06. The van der Waals surface area contributed by atoms with Crippen LogP contribution >= 0.6 is 0 Å². The van der Waals surface area contributed by atoms with E-state index in [1.165, 1.54) is 0 Å². The van der Waals surface area contributed by atoms with Gasteiger partial charge in [0.1, 0.15) is 0 Å². The Morgan fingerprint density at radius 1 is 1.57 bits per heavy atom. The monoisotopic (exact) mass is 100 g/mol. The van der Waals surface area contributed by atoms with Gasteiger partial charge in [-0.05, 0) is 20.8 Å². The third-order valence-corrected chi connectivity index (χ3v) is 0.437. The molecule has 0 unspecified atom stereocenters. The molecule has 0 aliphatic heterocycles. The first-order valence-corrected chi connectivity index (χ1v) is 2.45. The smallest absolute Gasteiger partial charge is 0.0926 e. The Morgan fingerprint density at radius 3 is 2.00 bits per heavy atom. The summed E-state index contributed by atoms with van der Waals surface area (Å²) in [6.45, 7) is 9.38. The van der Waals surface area contributed by atoms with E-state index in [1.807, 2.05) is 20.8 Å². The molecule has 0 spiro atoms. The number of hydrogen-bond acceptors (Lipinski definition) is 1. The van der Waals surface area contributed by atoms with Crippen LogP contribution in [0.1, 0.15) is 20.8 Å². The van der Waals surface area contributed by atoms with E-state index in [4.69, 9.17) is 4.74 Å². The van der Waals surface area contributed by atoms with Crippen LogP contribution in [0.5, 0.6) is 0 Å². The van der Waals surface area contributed by atoms with Crippen molar-refractivity contribution in [2.45, 2.75) is 26.9 Å². The van der Waals surface area contributed by atoms with Crippen LogP contribution in [0.4, 0.5) is 0 Å². The van der Waals surface area contributed by atoms with E-state index in [9.17, 15) is 0 Å². The molecule has 0 aliphatic rings. The Hall–Kier alpha value is -0.460. The number of rotatable bonds is 2. The zero-order chi connectivity index (χ0) is 5.86. The van der Waals surface area contributed by atoms with Crippen molar-refractivity contribution in [1.82, 2.24) is 0 Å². The molecule has 0 aromatic rings. The highest BCUT2D eigenvalue weighted by Crippen LogP contribution is 1.95. The summed E-state index contributed by atoms with van der Waals surface area (Å²) in [5.41, 5.74) is 0. The molecular formula is C6H12O. The summed E-state index contributed by atoms with van der Waals surface area (Å²) in [5, 5.41) is 0. The zero-order valence-corrected chi connectivity index (χ0v) is 5.19. The fraction of sp³-hybridized carbons (Fsp3) is 0.667. The normalized spacial score (nSPS) is 9.14. The maximum Gasteiger partial charge on any atom is 0.0926 e. The molecule has 0 rings (SSSR count). The molecule has 0 aromatic carbocycles. The predicted octanol–water partition coefficient (Wildman–Crippen LogP) is 1.95. The zero-order valence-electron chi connectivity index (χ0n) is 5.19. The number of hydrogen-bond donors (Lipinski definition) is 0. The van der Waals surface area contributed by atoms with Gasteiger partial charge < -0.3 is 4.74 Å². The minimum Gasteiger partial charge on any atom is -0.496 e. The Labute approximate surface area is 45.0 Å². The Kier molecular flexibility index (Phi) is 2.49. The third kappa shape index (κ3) is 5.54. The first-order valence-electron chi connectivity index (χ1n) is 2.45. The van der Waals surface area contributed by atoms with Crippen molar-refractivity contribution in [3.05, 3.63) is 12.3 Å². The van der Waals surface area contributed by atoms with Gasteiger partial charge in [0.25, 0.3) is 0 Å². The van der Waals surface area contributed by atoms with Gasteiger partial charge in [-0.3, -0.25) is 0 Å². The van der Waals surface area contributed by atoms with Crippen LogP contribution in [0, 0.1) is 0 Å². The second-order valence-corrected chi connectivity index (χ2v) is 1.87. The third-order valence-electron chi connectivity index (χ3n) is 0.437. The van der Waals surface area contributed by atoms with E-state index in [0.717, 1.165) is 5.76 Å². The topological polar surface area (TPSA) is 9.23 Å². The molecular weight excluding hydrogens is 88.1 g/mol. The van der Waals surface area contributed by atoms with Crippen molar-refractivity contribution >= 4 is 0 Å². The molecule has 1 heteroatoms. The van der Waals surface area contributed by atoms with E-state index in [2.05, 4.69) is 6.58 Å². The SMILES string of the molecule is C=C(C)OC(C)C. The average molecular weight is 100 g/mol. The predicted molar refractivity (Wildman–Crippen MR) is 31.0 cm³/mol. The second kappa shape index (κ2) is 2.67. The quantitative estimate of drug-likeness (QED) is 0.482. The van der Waals surface area contributed by atoms with Crippen LogP contribution in [0.15, 0.2) is 12.3 Å². The standard InChI is InChI=1S/C6H12O/c1-5(2)7-6(3)4/h6H,1H2,2-4H3. The van der Waals surface area contributed by atoms with Crippen LogP contribution in [0.2, 0.25) is 0 Å². The lowest BCUT2D eigenvalue weighted by Gasteiger charge is -2.06. The molecule has 42 valence electrons. The molecule has 0 bridgehead atoms. The van der Waals surface area contributed by atoms with E-state index >= 15 is 0 Å². The lowest BCUT2D eigenvalue weighted by atomic mass is 10.5. The first kappa shape index (κ1) is 6.54. The summed E-state index contributed by atoms with van der Waals surface area (Å²) < 4.78 is 5.06. The van der Waals surface area contributed by atoms with Crippen LogP contribution in [0.25, 0.3) is 0 Å². The van der Waals surface area contributed by atoms with Gasteiger partial charge >= 0.3 is 0 Å². The molecule has 0 fully saturated rings. The van der Waals surface area contributed by atoms with Crippen molar-refractivity contribution < 1.29 is 4.74 Å². The van der Waals surface area contributed by atoms with Crippen molar-refractivity contribution in [3.8, 4) is 0 Å². The molecule has 0 heterocycles. The highest BCUT2D eigenvalue weighted by Gasteiger charge is 1.88. The highest BCUT2D eigenvalue weighted by atomic mass is 16.5. The van der Waals surface area contributed by atoms with Gasteiger partial charge in [0.2, 0.25) is 0 Å². The molecule has 0 atom stereocenters. The molecule has 1 nitrogen and oxygen atoms in total. The molecule has 0 amide bonds. The van der Waals surface area contributed by atoms with E-state index in [-0.39, 0.29) is 6.10 Å². The minimum atomic E-state index is 0.275. The summed E-state index contributed by atoms with van der Waals surface area (Å²) >= 11 is 0. The molecule has 7 heavy (non-hydrogen) atoms. The lowest BCUT2D eigenvalue weighted by Crippen LogP contribution is -1.98. The van der Waals surface area contributed by atoms with Gasteiger partial charge in [0, 0.05) is 0 Å². The highest BCUT2D eigenvalue weighted by molar-refractivity contribution is 4.74. The van der Waals surface area contributed by atoms with Crippen LogP contribution in [-0.2, 0) is 4.74 Å². The van der Waals surface area contributed by atoms with Crippen LogP contribution < -0.4 is 0 Å². The van der Waals surface area contributed by atoms with Gasteiger partial charge in [-0.1, -0.05) is 6.58 Å². The largest absolute Gasteiger partial charge is 0.496 e. The van der Waals surface area contributed by atoms with Gasteiger partial charge in [-0.2, -0.15) is 0 Å². The van der Waals surface area contributed by atoms with Crippen LogP contribution in [0.3, 0.4) is 0 Å². The Balaban J connectivity index is 3.13.